The van der Waals surface area contributed by atoms with Crippen molar-refractivity contribution in [3.05, 3.63) is 42.2 Å². The molecule has 8 heteroatoms. The van der Waals surface area contributed by atoms with Gasteiger partial charge in [-0.15, -0.1) is 0 Å². The van der Waals surface area contributed by atoms with Gasteiger partial charge >= 0.3 is 0 Å². The Kier molecular flexibility index (Phi) is 5.57. The Morgan fingerprint density at radius 1 is 1.17 bits per heavy atom. The largest absolute Gasteiger partial charge is 0.471 e. The molecule has 0 aliphatic carbocycles. The Balaban J connectivity index is 1.35. The van der Waals surface area contributed by atoms with Crippen molar-refractivity contribution in [3.8, 4) is 5.88 Å². The van der Waals surface area contributed by atoms with Crippen molar-refractivity contribution in [3.63, 3.8) is 0 Å². The Bertz CT molecular complexity index is 931. The van der Waals surface area contributed by atoms with Crippen LogP contribution in [0.15, 0.2) is 36.7 Å². The Hall–Kier alpha value is -3.16. The van der Waals surface area contributed by atoms with Gasteiger partial charge in [-0.25, -0.2) is 0 Å². The molecule has 2 amide bonds. The van der Waals surface area contributed by atoms with Crippen LogP contribution >= 0.6 is 0 Å². The first-order chi connectivity index (χ1) is 14.4. The minimum atomic E-state index is -0.311. The number of ether oxygens (including phenoxy) is 1. The summed E-state index contributed by atoms with van der Waals surface area (Å²) < 4.78 is 5.96. The van der Waals surface area contributed by atoms with E-state index >= 15 is 0 Å². The van der Waals surface area contributed by atoms with Crippen molar-refractivity contribution >= 4 is 23.3 Å². The van der Waals surface area contributed by atoms with Crippen molar-refractivity contribution in [1.29, 1.82) is 0 Å². The van der Waals surface area contributed by atoms with E-state index in [2.05, 4.69) is 9.97 Å². The fourth-order valence-corrected chi connectivity index (χ4v) is 3.91. The van der Waals surface area contributed by atoms with Gasteiger partial charge in [0.1, 0.15) is 6.10 Å². The Labute approximate surface area is 176 Å². The van der Waals surface area contributed by atoms with Crippen LogP contribution in [0.4, 0.5) is 11.5 Å². The lowest BCUT2D eigenvalue weighted by Crippen LogP contribution is -2.37. The molecule has 2 fully saturated rings. The van der Waals surface area contributed by atoms with E-state index in [4.69, 9.17) is 4.74 Å². The highest BCUT2D eigenvalue weighted by molar-refractivity contribution is 6.00. The molecule has 0 spiro atoms. The van der Waals surface area contributed by atoms with Gasteiger partial charge in [-0.1, -0.05) is 17.7 Å². The lowest BCUT2D eigenvalue weighted by Gasteiger charge is -2.21. The number of amides is 2. The molecule has 8 nitrogen and oxygen atoms in total. The molecule has 0 bridgehead atoms. The summed E-state index contributed by atoms with van der Waals surface area (Å²) in [7, 11) is 3.79. The summed E-state index contributed by atoms with van der Waals surface area (Å²) in [4.78, 5) is 39.5. The van der Waals surface area contributed by atoms with Gasteiger partial charge in [0.25, 0.3) is 0 Å². The van der Waals surface area contributed by atoms with Crippen LogP contribution in [0.5, 0.6) is 5.88 Å². The fourth-order valence-electron chi connectivity index (χ4n) is 3.91. The second kappa shape index (κ2) is 8.30. The molecule has 3 heterocycles. The third-order valence-corrected chi connectivity index (χ3v) is 5.62. The zero-order chi connectivity index (χ0) is 21.3. The molecule has 1 aromatic carbocycles. The number of carbonyl (C=O) groups is 2. The van der Waals surface area contributed by atoms with E-state index in [1.165, 1.54) is 0 Å². The van der Waals surface area contributed by atoms with E-state index in [1.54, 1.807) is 17.3 Å². The minimum absolute atomic E-state index is 0.0000233. The lowest BCUT2D eigenvalue weighted by molar-refractivity contribution is -0.135. The van der Waals surface area contributed by atoms with E-state index in [-0.39, 0.29) is 30.3 Å². The number of hydrogen-bond acceptors (Lipinski definition) is 6. The summed E-state index contributed by atoms with van der Waals surface area (Å²) in [5.41, 5.74) is 1.99. The number of anilines is 2. The number of aryl methyl sites for hydroxylation is 1. The molecule has 2 aliphatic rings. The van der Waals surface area contributed by atoms with Crippen LogP contribution < -0.4 is 14.5 Å². The second-order valence-electron chi connectivity index (χ2n) is 8.16. The van der Waals surface area contributed by atoms with Gasteiger partial charge in [-0.3, -0.25) is 14.6 Å². The average molecular weight is 409 g/mol. The molecular weight excluding hydrogens is 382 g/mol. The number of aromatic nitrogens is 2. The summed E-state index contributed by atoms with van der Waals surface area (Å²) in [5.74, 6) is 0.896. The maximum atomic E-state index is 13.0. The molecule has 2 unspecified atom stereocenters. The van der Waals surface area contributed by atoms with Crippen LogP contribution in [-0.4, -0.2) is 66.5 Å². The maximum Gasteiger partial charge on any atom is 0.234 e. The first-order valence-electron chi connectivity index (χ1n) is 10.2. The van der Waals surface area contributed by atoms with Gasteiger partial charge < -0.3 is 19.4 Å². The van der Waals surface area contributed by atoms with Crippen LogP contribution in [0.2, 0.25) is 0 Å². The highest BCUT2D eigenvalue weighted by Gasteiger charge is 2.39. The third-order valence-electron chi connectivity index (χ3n) is 5.62. The second-order valence-corrected chi connectivity index (χ2v) is 8.16. The maximum absolute atomic E-state index is 13.0. The van der Waals surface area contributed by atoms with Gasteiger partial charge in [0, 0.05) is 45.7 Å². The number of benzene rings is 1. The molecular formula is C22H27N5O3. The van der Waals surface area contributed by atoms with Crippen molar-refractivity contribution in [1.82, 2.24) is 14.9 Å². The Morgan fingerprint density at radius 2 is 1.93 bits per heavy atom. The average Bonchev–Trinajstić information content (AvgIpc) is 3.35. The van der Waals surface area contributed by atoms with Crippen LogP contribution in [0.3, 0.4) is 0 Å². The molecule has 2 aliphatic heterocycles. The molecule has 1 aromatic heterocycles. The van der Waals surface area contributed by atoms with E-state index in [9.17, 15) is 9.59 Å². The van der Waals surface area contributed by atoms with Gasteiger partial charge in [-0.2, -0.15) is 4.98 Å². The molecule has 30 heavy (non-hydrogen) atoms. The lowest BCUT2D eigenvalue weighted by atomic mass is 10.1. The van der Waals surface area contributed by atoms with Gasteiger partial charge in [0.05, 0.1) is 24.9 Å². The summed E-state index contributed by atoms with van der Waals surface area (Å²) in [6.45, 7) is 3.57. The number of nitrogens with zero attached hydrogens (tertiary/aromatic N) is 5. The summed E-state index contributed by atoms with van der Waals surface area (Å²) in [6.07, 6.45) is 4.14. The van der Waals surface area contributed by atoms with Crippen molar-refractivity contribution < 1.29 is 14.3 Å². The molecule has 2 saturated heterocycles. The topological polar surface area (TPSA) is 78.9 Å². The zero-order valence-electron chi connectivity index (χ0n) is 17.6. The quantitative estimate of drug-likeness (QED) is 0.750. The fraction of sp³-hybridized carbons (Fsp3) is 0.455. The first-order valence-corrected chi connectivity index (χ1v) is 10.2. The van der Waals surface area contributed by atoms with Crippen molar-refractivity contribution in [2.24, 2.45) is 5.92 Å². The SMILES string of the molecule is Cc1ccc(N2CC(C(=O)N3CCC(Oc4cncc(N(C)C)n4)C3)CC2=O)cc1. The monoisotopic (exact) mass is 409 g/mol. The summed E-state index contributed by atoms with van der Waals surface area (Å²) >= 11 is 0. The molecule has 0 saturated carbocycles. The van der Waals surface area contributed by atoms with Crippen LogP contribution in [-0.2, 0) is 9.59 Å². The molecule has 2 atom stereocenters. The number of hydrogen-bond donors (Lipinski definition) is 0. The number of rotatable bonds is 5. The number of carbonyl (C=O) groups excluding carboxylic acids is 2. The van der Waals surface area contributed by atoms with E-state index in [1.807, 2.05) is 55.1 Å². The Morgan fingerprint density at radius 3 is 2.67 bits per heavy atom. The standard InChI is InChI=1S/C22H27N5O3/c1-15-4-6-17(7-5-15)27-13-16(10-21(27)28)22(29)26-9-8-18(14-26)30-20-12-23-11-19(24-20)25(2)3/h4-7,11-12,16,18H,8-10,13-14H2,1-3H3. The smallest absolute Gasteiger partial charge is 0.234 e. The molecule has 0 radical (unpaired) electrons. The van der Waals surface area contributed by atoms with Crippen molar-refractivity contribution in [2.45, 2.75) is 25.9 Å². The van der Waals surface area contributed by atoms with Crippen molar-refractivity contribution in [2.75, 3.05) is 43.5 Å². The molecule has 4 rings (SSSR count). The van der Waals surface area contributed by atoms with E-state index < -0.39 is 0 Å². The summed E-state index contributed by atoms with van der Waals surface area (Å²) in [6, 6.07) is 7.83. The van der Waals surface area contributed by atoms with Crippen LogP contribution in [0.1, 0.15) is 18.4 Å². The van der Waals surface area contributed by atoms with Crippen LogP contribution in [0.25, 0.3) is 0 Å². The third kappa shape index (κ3) is 4.22. The molecule has 158 valence electrons. The minimum Gasteiger partial charge on any atom is -0.471 e. The van der Waals surface area contributed by atoms with E-state index in [0.29, 0.717) is 25.5 Å². The highest BCUT2D eigenvalue weighted by atomic mass is 16.5. The summed E-state index contributed by atoms with van der Waals surface area (Å²) in [5, 5.41) is 0. The van der Waals surface area contributed by atoms with Gasteiger partial charge in [0.2, 0.25) is 17.7 Å². The molecule has 2 aromatic rings. The van der Waals surface area contributed by atoms with Gasteiger partial charge in [0.15, 0.2) is 5.82 Å². The highest BCUT2D eigenvalue weighted by Crippen LogP contribution is 2.28. The van der Waals surface area contributed by atoms with E-state index in [0.717, 1.165) is 23.5 Å². The predicted octanol–water partition coefficient (Wildman–Crippen LogP) is 1.88. The predicted molar refractivity (Wildman–Crippen MR) is 114 cm³/mol. The molecule has 0 N–H and O–H groups in total. The van der Waals surface area contributed by atoms with Gasteiger partial charge in [-0.05, 0) is 19.1 Å². The number of likely N-dealkylation sites (tertiary alicyclic amines) is 1. The normalized spacial score (nSPS) is 21.2. The first kappa shape index (κ1) is 20.1. The zero-order valence-corrected chi connectivity index (χ0v) is 17.6. The van der Waals surface area contributed by atoms with Crippen LogP contribution in [0, 0.1) is 12.8 Å².